The number of rotatable bonds is 7. The molecule has 1 aromatic carbocycles. The van der Waals surface area contributed by atoms with Gasteiger partial charge in [0.25, 0.3) is 0 Å². The fraction of sp³-hybridized carbons (Fsp3) is 0.316. The molecule has 1 unspecified atom stereocenters. The van der Waals surface area contributed by atoms with Crippen LogP contribution in [0.15, 0.2) is 45.5 Å². The van der Waals surface area contributed by atoms with Crippen LogP contribution in [-0.2, 0) is 11.2 Å². The highest BCUT2D eigenvalue weighted by molar-refractivity contribution is 7.08. The molecular weight excluding hydrogens is 370 g/mol. The predicted molar refractivity (Wildman–Crippen MR) is 101 cm³/mol. The number of aromatic nitrogens is 2. The van der Waals surface area contributed by atoms with E-state index in [2.05, 4.69) is 15.5 Å². The van der Waals surface area contributed by atoms with Gasteiger partial charge in [-0.2, -0.15) is 11.3 Å². The van der Waals surface area contributed by atoms with E-state index in [9.17, 15) is 4.79 Å². The molecule has 0 spiro atoms. The topological polar surface area (TPSA) is 68.0 Å². The Morgan fingerprint density at radius 3 is 2.77 bits per heavy atom. The Morgan fingerprint density at radius 2 is 2.08 bits per heavy atom. The van der Waals surface area contributed by atoms with E-state index in [-0.39, 0.29) is 11.9 Å². The van der Waals surface area contributed by atoms with Crippen molar-refractivity contribution in [1.82, 2.24) is 15.5 Å². The minimum atomic E-state index is -0.00728. The van der Waals surface area contributed by atoms with E-state index in [1.165, 1.54) is 0 Å². The summed E-state index contributed by atoms with van der Waals surface area (Å²) in [7, 11) is 0. The van der Waals surface area contributed by atoms with Gasteiger partial charge < -0.3 is 9.73 Å². The molecule has 2 aromatic heterocycles. The van der Waals surface area contributed by atoms with Crippen LogP contribution in [0.2, 0.25) is 5.02 Å². The summed E-state index contributed by atoms with van der Waals surface area (Å²) in [6.07, 6.45) is 3.03. The summed E-state index contributed by atoms with van der Waals surface area (Å²) < 4.78 is 5.63. The molecule has 2 heterocycles. The average molecular weight is 388 g/mol. The van der Waals surface area contributed by atoms with Crippen molar-refractivity contribution in [3.05, 3.63) is 57.6 Å². The third kappa shape index (κ3) is 4.14. The van der Waals surface area contributed by atoms with Crippen molar-refractivity contribution >= 4 is 28.8 Å². The number of nitrogens with zero attached hydrogens (tertiary/aromatic N) is 2. The van der Waals surface area contributed by atoms with Gasteiger partial charge in [-0.05, 0) is 47.9 Å². The summed E-state index contributed by atoms with van der Waals surface area (Å²) >= 11 is 7.54. The number of aryl methyl sites for hydroxylation is 1. The third-order valence-corrected chi connectivity index (χ3v) is 5.38. The van der Waals surface area contributed by atoms with Crippen LogP contribution in [0.1, 0.15) is 36.8 Å². The molecule has 0 aliphatic heterocycles. The Kier molecular flexibility index (Phi) is 5.04. The summed E-state index contributed by atoms with van der Waals surface area (Å²) in [6, 6.07) is 9.67. The second-order valence-electron chi connectivity index (χ2n) is 6.45. The normalized spacial score (nSPS) is 15.0. The number of carbonyl (C=O) groups excluding carboxylic acids is 1. The van der Waals surface area contributed by atoms with Crippen molar-refractivity contribution in [3.8, 4) is 11.5 Å². The lowest BCUT2D eigenvalue weighted by molar-refractivity contribution is -0.122. The first-order valence-electron chi connectivity index (χ1n) is 8.59. The smallest absolute Gasteiger partial charge is 0.248 e. The lowest BCUT2D eigenvalue weighted by atomic mass is 10.0. The Hall–Kier alpha value is -2.18. The summed E-state index contributed by atoms with van der Waals surface area (Å²) in [4.78, 5) is 12.4. The van der Waals surface area contributed by atoms with Gasteiger partial charge in [-0.1, -0.05) is 23.7 Å². The van der Waals surface area contributed by atoms with Crippen LogP contribution in [0.4, 0.5) is 0 Å². The van der Waals surface area contributed by atoms with Crippen LogP contribution in [0.3, 0.4) is 0 Å². The highest BCUT2D eigenvalue weighted by atomic mass is 35.5. The van der Waals surface area contributed by atoms with Gasteiger partial charge in [0.2, 0.25) is 17.7 Å². The Morgan fingerprint density at radius 1 is 1.27 bits per heavy atom. The number of thiophene rings is 1. The molecule has 7 heteroatoms. The van der Waals surface area contributed by atoms with Gasteiger partial charge in [-0.15, -0.1) is 10.2 Å². The van der Waals surface area contributed by atoms with E-state index < -0.39 is 0 Å². The highest BCUT2D eigenvalue weighted by Gasteiger charge is 2.33. The molecule has 134 valence electrons. The Balaban J connectivity index is 1.35. The van der Waals surface area contributed by atoms with Crippen LogP contribution in [0, 0.1) is 5.92 Å². The largest absolute Gasteiger partial charge is 0.421 e. The third-order valence-electron chi connectivity index (χ3n) is 4.44. The number of hydrogen-bond acceptors (Lipinski definition) is 5. The van der Waals surface area contributed by atoms with E-state index in [0.29, 0.717) is 35.6 Å². The molecule has 4 rings (SSSR count). The molecule has 0 radical (unpaired) electrons. The lowest BCUT2D eigenvalue weighted by Gasteiger charge is -2.18. The molecule has 5 nitrogen and oxygen atoms in total. The predicted octanol–water partition coefficient (Wildman–Crippen LogP) is 4.65. The maximum atomic E-state index is 12.4. The SMILES string of the molecule is O=C(CCc1nnc(-c2ccsc2)o1)NC(c1ccc(Cl)cc1)C1CC1. The van der Waals surface area contributed by atoms with Crippen molar-refractivity contribution in [1.29, 1.82) is 0 Å². The molecule has 1 atom stereocenters. The van der Waals surface area contributed by atoms with Gasteiger partial charge in [0, 0.05) is 28.8 Å². The first-order valence-corrected chi connectivity index (χ1v) is 9.91. The van der Waals surface area contributed by atoms with Crippen LogP contribution in [0.25, 0.3) is 11.5 Å². The monoisotopic (exact) mass is 387 g/mol. The lowest BCUT2D eigenvalue weighted by Crippen LogP contribution is -2.30. The molecule has 1 saturated carbocycles. The summed E-state index contributed by atoms with van der Waals surface area (Å²) in [5, 5.41) is 15.8. The summed E-state index contributed by atoms with van der Waals surface area (Å²) in [6.45, 7) is 0. The maximum absolute atomic E-state index is 12.4. The quantitative estimate of drug-likeness (QED) is 0.640. The van der Waals surface area contributed by atoms with E-state index in [0.717, 1.165) is 24.0 Å². The second kappa shape index (κ2) is 7.60. The van der Waals surface area contributed by atoms with Crippen molar-refractivity contribution in [3.63, 3.8) is 0 Å². The van der Waals surface area contributed by atoms with E-state index in [1.807, 2.05) is 41.1 Å². The molecule has 1 N–H and O–H groups in total. The number of carbonyl (C=O) groups is 1. The van der Waals surface area contributed by atoms with Crippen LogP contribution in [-0.4, -0.2) is 16.1 Å². The molecule has 1 amide bonds. The fourth-order valence-electron chi connectivity index (χ4n) is 2.90. The minimum Gasteiger partial charge on any atom is -0.421 e. The van der Waals surface area contributed by atoms with Crippen molar-refractivity contribution in [2.45, 2.75) is 31.7 Å². The Labute approximate surface area is 160 Å². The number of nitrogens with one attached hydrogen (secondary N) is 1. The first kappa shape index (κ1) is 17.2. The summed E-state index contributed by atoms with van der Waals surface area (Å²) in [5.41, 5.74) is 2.01. The number of halogens is 1. The molecule has 1 aliphatic rings. The van der Waals surface area contributed by atoms with Crippen molar-refractivity contribution in [2.75, 3.05) is 0 Å². The van der Waals surface area contributed by atoms with E-state index in [4.69, 9.17) is 16.0 Å². The molecule has 1 fully saturated rings. The van der Waals surface area contributed by atoms with Gasteiger partial charge in [-0.25, -0.2) is 0 Å². The molecule has 0 bridgehead atoms. The number of benzene rings is 1. The molecule has 1 aliphatic carbocycles. The minimum absolute atomic E-state index is 0.00728. The molecule has 0 saturated heterocycles. The van der Waals surface area contributed by atoms with E-state index >= 15 is 0 Å². The van der Waals surface area contributed by atoms with Gasteiger partial charge in [-0.3, -0.25) is 4.79 Å². The van der Waals surface area contributed by atoms with Crippen molar-refractivity contribution in [2.24, 2.45) is 5.92 Å². The van der Waals surface area contributed by atoms with Gasteiger partial charge in [0.15, 0.2) is 0 Å². The zero-order chi connectivity index (χ0) is 17.9. The van der Waals surface area contributed by atoms with Crippen LogP contribution in [0.5, 0.6) is 0 Å². The van der Waals surface area contributed by atoms with Crippen LogP contribution < -0.4 is 5.32 Å². The van der Waals surface area contributed by atoms with Gasteiger partial charge >= 0.3 is 0 Å². The van der Waals surface area contributed by atoms with Crippen LogP contribution >= 0.6 is 22.9 Å². The summed E-state index contributed by atoms with van der Waals surface area (Å²) in [5.74, 6) is 1.48. The van der Waals surface area contributed by atoms with Gasteiger partial charge in [0.1, 0.15) is 0 Å². The van der Waals surface area contributed by atoms with E-state index in [1.54, 1.807) is 11.3 Å². The molecular formula is C19H18ClN3O2S. The van der Waals surface area contributed by atoms with Crippen molar-refractivity contribution < 1.29 is 9.21 Å². The molecule has 26 heavy (non-hydrogen) atoms. The standard InChI is InChI=1S/C19H18ClN3O2S/c20-15-5-3-13(4-6-15)18(12-1-2-12)21-16(24)7-8-17-22-23-19(25-17)14-9-10-26-11-14/h3-6,9-12,18H,1-2,7-8H2,(H,21,24). The Bertz CT molecular complexity index is 873. The maximum Gasteiger partial charge on any atom is 0.248 e. The molecule has 3 aromatic rings. The average Bonchev–Trinajstić information content (AvgIpc) is 3.14. The number of hydrogen-bond donors (Lipinski definition) is 1. The second-order valence-corrected chi connectivity index (χ2v) is 7.66. The van der Waals surface area contributed by atoms with Gasteiger partial charge in [0.05, 0.1) is 6.04 Å². The fourth-order valence-corrected chi connectivity index (χ4v) is 3.65. The number of amides is 1. The first-order chi connectivity index (χ1) is 12.7. The highest BCUT2D eigenvalue weighted by Crippen LogP contribution is 2.41. The zero-order valence-corrected chi connectivity index (χ0v) is 15.6. The zero-order valence-electron chi connectivity index (χ0n) is 14.0.